The Kier molecular flexibility index (Phi) is 8.25. The molecule has 1 fully saturated rings. The van der Waals surface area contributed by atoms with Crippen molar-refractivity contribution in [3.05, 3.63) is 23.7 Å². The molecule has 8 heteroatoms. The van der Waals surface area contributed by atoms with Crippen molar-refractivity contribution in [3.63, 3.8) is 0 Å². The van der Waals surface area contributed by atoms with Gasteiger partial charge in [-0.05, 0) is 19.4 Å². The molecular weight excluding hydrogens is 399 g/mol. The van der Waals surface area contributed by atoms with E-state index in [0.717, 1.165) is 25.1 Å². The van der Waals surface area contributed by atoms with Crippen LogP contribution < -0.4 is 11.1 Å². The molecule has 0 radical (unpaired) electrons. The fourth-order valence-corrected chi connectivity index (χ4v) is 2.05. The Labute approximate surface area is 147 Å². The monoisotopic (exact) mass is 422 g/mol. The van der Waals surface area contributed by atoms with Crippen molar-refractivity contribution in [2.75, 3.05) is 39.4 Å². The van der Waals surface area contributed by atoms with Gasteiger partial charge in [-0.15, -0.1) is 24.0 Å². The van der Waals surface area contributed by atoms with E-state index in [9.17, 15) is 4.79 Å². The number of hydrogen-bond acceptors (Lipinski definition) is 4. The first-order valence-corrected chi connectivity index (χ1v) is 7.13. The molecule has 1 aliphatic heterocycles. The van der Waals surface area contributed by atoms with Crippen molar-refractivity contribution in [1.29, 1.82) is 0 Å². The van der Waals surface area contributed by atoms with Crippen LogP contribution in [0, 0.1) is 6.92 Å². The van der Waals surface area contributed by atoms with Gasteiger partial charge in [-0.2, -0.15) is 0 Å². The van der Waals surface area contributed by atoms with E-state index in [4.69, 9.17) is 14.9 Å². The lowest BCUT2D eigenvalue weighted by Gasteiger charge is -2.27. The second-order valence-corrected chi connectivity index (χ2v) is 4.88. The second kappa shape index (κ2) is 9.67. The van der Waals surface area contributed by atoms with Crippen LogP contribution in [-0.4, -0.2) is 56.2 Å². The zero-order valence-corrected chi connectivity index (χ0v) is 15.0. The zero-order chi connectivity index (χ0) is 15.1. The summed E-state index contributed by atoms with van der Waals surface area (Å²) in [7, 11) is 0. The number of morpholine rings is 1. The van der Waals surface area contributed by atoms with Gasteiger partial charge in [0.15, 0.2) is 11.7 Å². The lowest BCUT2D eigenvalue weighted by Crippen LogP contribution is -2.44. The number of guanidine groups is 1. The second-order valence-electron chi connectivity index (χ2n) is 4.88. The highest BCUT2D eigenvalue weighted by atomic mass is 127. The average Bonchev–Trinajstić information content (AvgIpc) is 2.93. The predicted octanol–water partition coefficient (Wildman–Crippen LogP) is 0.973. The number of furan rings is 1. The van der Waals surface area contributed by atoms with E-state index in [-0.39, 0.29) is 29.9 Å². The van der Waals surface area contributed by atoms with E-state index in [1.807, 2.05) is 11.8 Å². The molecule has 0 atom stereocenters. The number of halogens is 1. The molecule has 2 rings (SSSR count). The van der Waals surface area contributed by atoms with Crippen molar-refractivity contribution in [3.8, 4) is 0 Å². The predicted molar refractivity (Wildman–Crippen MR) is 94.7 cm³/mol. The Morgan fingerprint density at radius 2 is 2.18 bits per heavy atom. The molecule has 0 aromatic carbocycles. The minimum atomic E-state index is -0.192. The number of hydrogen-bond donors (Lipinski definition) is 2. The van der Waals surface area contributed by atoms with Crippen LogP contribution in [-0.2, 0) is 4.74 Å². The lowest BCUT2D eigenvalue weighted by molar-refractivity contribution is 0.0674. The molecule has 2 heterocycles. The summed E-state index contributed by atoms with van der Waals surface area (Å²) in [6.07, 6.45) is 2.24. The minimum absolute atomic E-state index is 0. The summed E-state index contributed by atoms with van der Waals surface area (Å²) in [4.78, 5) is 18.1. The van der Waals surface area contributed by atoms with Crippen LogP contribution in [0.25, 0.3) is 0 Å². The molecular formula is C14H23IN4O3. The Morgan fingerprint density at radius 1 is 1.45 bits per heavy atom. The summed E-state index contributed by atoms with van der Waals surface area (Å²) in [6.45, 7) is 5.91. The van der Waals surface area contributed by atoms with Gasteiger partial charge >= 0.3 is 0 Å². The van der Waals surface area contributed by atoms with Gasteiger partial charge in [0.25, 0.3) is 5.91 Å². The zero-order valence-electron chi connectivity index (χ0n) is 12.7. The number of aryl methyl sites for hydroxylation is 1. The van der Waals surface area contributed by atoms with Crippen LogP contribution in [0.5, 0.6) is 0 Å². The van der Waals surface area contributed by atoms with Gasteiger partial charge in [0.1, 0.15) is 0 Å². The third kappa shape index (κ3) is 5.48. The largest absolute Gasteiger partial charge is 0.459 e. The number of nitrogens with two attached hydrogens (primary N) is 1. The van der Waals surface area contributed by atoms with Crippen LogP contribution in [0.3, 0.4) is 0 Å². The van der Waals surface area contributed by atoms with Gasteiger partial charge in [0.05, 0.1) is 19.5 Å². The number of carbonyl (C=O) groups excluding carboxylic acids is 1. The van der Waals surface area contributed by atoms with Gasteiger partial charge in [0.2, 0.25) is 0 Å². The first-order chi connectivity index (χ1) is 10.2. The fraction of sp³-hybridized carbons (Fsp3) is 0.571. The van der Waals surface area contributed by atoms with Crippen LogP contribution in [0.1, 0.15) is 22.5 Å². The molecule has 0 bridgehead atoms. The van der Waals surface area contributed by atoms with Gasteiger partial charge < -0.3 is 25.1 Å². The minimum Gasteiger partial charge on any atom is -0.459 e. The van der Waals surface area contributed by atoms with Crippen LogP contribution in [0.2, 0.25) is 0 Å². The molecule has 0 saturated carbocycles. The van der Waals surface area contributed by atoms with Gasteiger partial charge in [-0.3, -0.25) is 9.79 Å². The summed E-state index contributed by atoms with van der Waals surface area (Å²) in [5.41, 5.74) is 6.74. The van der Waals surface area contributed by atoms with Crippen molar-refractivity contribution in [1.82, 2.24) is 10.2 Å². The Balaban J connectivity index is 0.00000242. The highest BCUT2D eigenvalue weighted by molar-refractivity contribution is 14.0. The molecule has 0 unspecified atom stereocenters. The summed E-state index contributed by atoms with van der Waals surface area (Å²) >= 11 is 0. The van der Waals surface area contributed by atoms with Crippen LogP contribution >= 0.6 is 24.0 Å². The first kappa shape index (κ1) is 18.8. The number of ether oxygens (including phenoxy) is 1. The van der Waals surface area contributed by atoms with E-state index in [1.165, 1.54) is 6.26 Å². The molecule has 124 valence electrons. The smallest absolute Gasteiger partial charge is 0.287 e. The number of nitrogens with one attached hydrogen (secondary N) is 1. The van der Waals surface area contributed by atoms with Gasteiger partial charge in [0, 0.05) is 31.7 Å². The molecule has 7 nitrogen and oxygen atoms in total. The molecule has 1 aliphatic rings. The standard InChI is InChI=1S/C14H22N4O3.HI/c1-11-3-8-21-12(11)13(19)16-4-2-5-17-14(15)18-6-9-20-10-7-18;/h3,8H,2,4-7,9-10H2,1H3,(H2,15,17)(H,16,19);1H. The van der Waals surface area contributed by atoms with Gasteiger partial charge in [-0.25, -0.2) is 0 Å². The highest BCUT2D eigenvalue weighted by Gasteiger charge is 2.12. The lowest BCUT2D eigenvalue weighted by atomic mass is 10.2. The van der Waals surface area contributed by atoms with Gasteiger partial charge in [-0.1, -0.05) is 0 Å². The van der Waals surface area contributed by atoms with Crippen molar-refractivity contribution >= 4 is 35.8 Å². The number of carbonyl (C=O) groups is 1. The maximum absolute atomic E-state index is 11.8. The SMILES string of the molecule is Cc1ccoc1C(=O)NCCCN=C(N)N1CCOCC1.I. The van der Waals surface area contributed by atoms with Crippen molar-refractivity contribution < 1.29 is 13.9 Å². The Bertz CT molecular complexity index is 498. The van der Waals surface area contributed by atoms with E-state index in [1.54, 1.807) is 6.07 Å². The summed E-state index contributed by atoms with van der Waals surface area (Å²) in [5.74, 6) is 0.723. The molecule has 1 aromatic heterocycles. The van der Waals surface area contributed by atoms with Crippen LogP contribution in [0.15, 0.2) is 21.7 Å². The third-order valence-corrected chi connectivity index (χ3v) is 3.30. The third-order valence-electron chi connectivity index (χ3n) is 3.30. The Hall–Kier alpha value is -1.29. The highest BCUT2D eigenvalue weighted by Crippen LogP contribution is 2.07. The number of amides is 1. The van der Waals surface area contributed by atoms with E-state index < -0.39 is 0 Å². The number of aliphatic imine (C=N–C) groups is 1. The summed E-state index contributed by atoms with van der Waals surface area (Å²) < 4.78 is 10.4. The maximum Gasteiger partial charge on any atom is 0.287 e. The molecule has 1 saturated heterocycles. The fourth-order valence-electron chi connectivity index (χ4n) is 2.05. The summed E-state index contributed by atoms with van der Waals surface area (Å²) in [6, 6.07) is 1.77. The quantitative estimate of drug-likeness (QED) is 0.319. The average molecular weight is 422 g/mol. The molecule has 1 aromatic rings. The molecule has 0 spiro atoms. The summed E-state index contributed by atoms with van der Waals surface area (Å²) in [5, 5.41) is 2.80. The number of rotatable bonds is 5. The molecule has 3 N–H and O–H groups in total. The van der Waals surface area contributed by atoms with Crippen molar-refractivity contribution in [2.24, 2.45) is 10.7 Å². The van der Waals surface area contributed by atoms with E-state index in [2.05, 4.69) is 10.3 Å². The molecule has 0 aliphatic carbocycles. The van der Waals surface area contributed by atoms with Crippen molar-refractivity contribution in [2.45, 2.75) is 13.3 Å². The Morgan fingerprint density at radius 3 is 2.82 bits per heavy atom. The van der Waals surface area contributed by atoms with E-state index in [0.29, 0.717) is 38.0 Å². The first-order valence-electron chi connectivity index (χ1n) is 7.13. The molecule has 22 heavy (non-hydrogen) atoms. The molecule has 1 amide bonds. The number of nitrogens with zero attached hydrogens (tertiary/aromatic N) is 2. The normalized spacial score (nSPS) is 15.3. The maximum atomic E-state index is 11.8. The van der Waals surface area contributed by atoms with Crippen LogP contribution in [0.4, 0.5) is 0 Å². The van der Waals surface area contributed by atoms with E-state index >= 15 is 0 Å². The topological polar surface area (TPSA) is 93.1 Å².